The van der Waals surface area contributed by atoms with Crippen molar-refractivity contribution in [2.24, 2.45) is 46.3 Å². The van der Waals surface area contributed by atoms with E-state index in [-0.39, 0.29) is 29.3 Å². The summed E-state index contributed by atoms with van der Waals surface area (Å²) in [7, 11) is 0. The van der Waals surface area contributed by atoms with Crippen LogP contribution in [0.2, 0.25) is 0 Å². The minimum absolute atomic E-state index is 0.167. The van der Waals surface area contributed by atoms with Crippen LogP contribution in [0.5, 0.6) is 0 Å². The van der Waals surface area contributed by atoms with Gasteiger partial charge in [0.15, 0.2) is 0 Å². The predicted molar refractivity (Wildman–Crippen MR) is 108 cm³/mol. The number of halogens is 1. The molecule has 0 aromatic heterocycles. The van der Waals surface area contributed by atoms with E-state index in [0.717, 1.165) is 44.9 Å². The van der Waals surface area contributed by atoms with Gasteiger partial charge in [0.2, 0.25) is 0 Å². The second-order valence-electron chi connectivity index (χ2n) is 11.3. The monoisotopic (exact) mass is 394 g/mol. The van der Waals surface area contributed by atoms with Gasteiger partial charge in [0.25, 0.3) is 0 Å². The average molecular weight is 395 g/mol. The Morgan fingerprint density at radius 3 is 2.46 bits per heavy atom. The second kappa shape index (κ2) is 7.25. The molecule has 0 amide bonds. The predicted octanol–water partition coefficient (Wildman–Crippen LogP) is 5.46. The van der Waals surface area contributed by atoms with E-state index in [0.29, 0.717) is 36.0 Å². The number of aliphatic hydroxyl groups is 1. The molecule has 0 saturated heterocycles. The zero-order valence-corrected chi connectivity index (χ0v) is 17.9. The van der Waals surface area contributed by atoms with Gasteiger partial charge in [-0.1, -0.05) is 20.8 Å². The van der Waals surface area contributed by atoms with E-state index < -0.39 is 12.1 Å². The van der Waals surface area contributed by atoms with Crippen molar-refractivity contribution in [1.29, 1.82) is 0 Å². The molecule has 160 valence electrons. The van der Waals surface area contributed by atoms with Crippen LogP contribution >= 0.6 is 0 Å². The van der Waals surface area contributed by atoms with Crippen LogP contribution in [0.15, 0.2) is 0 Å². The second-order valence-corrected chi connectivity index (χ2v) is 11.3. The van der Waals surface area contributed by atoms with E-state index >= 15 is 4.39 Å². The molecule has 0 aromatic carbocycles. The Morgan fingerprint density at radius 1 is 1.07 bits per heavy atom. The molecule has 2 N–H and O–H groups in total. The molecule has 0 aliphatic heterocycles. The number of carboxylic acids is 1. The van der Waals surface area contributed by atoms with Crippen molar-refractivity contribution >= 4 is 5.97 Å². The Kier molecular flexibility index (Phi) is 5.34. The van der Waals surface area contributed by atoms with E-state index in [4.69, 9.17) is 5.11 Å². The lowest BCUT2D eigenvalue weighted by Crippen LogP contribution is -2.57. The van der Waals surface area contributed by atoms with Gasteiger partial charge in [0, 0.05) is 6.42 Å². The first-order chi connectivity index (χ1) is 13.2. The van der Waals surface area contributed by atoms with Crippen LogP contribution in [0, 0.1) is 46.3 Å². The lowest BCUT2D eigenvalue weighted by atomic mass is 9.44. The third kappa shape index (κ3) is 3.13. The molecule has 0 bridgehead atoms. The van der Waals surface area contributed by atoms with Crippen LogP contribution in [0.4, 0.5) is 4.39 Å². The van der Waals surface area contributed by atoms with E-state index in [1.807, 2.05) is 0 Å². The number of alkyl halides is 1. The fraction of sp³-hybridized carbons (Fsp3) is 0.958. The van der Waals surface area contributed by atoms with Crippen molar-refractivity contribution in [3.05, 3.63) is 0 Å². The summed E-state index contributed by atoms with van der Waals surface area (Å²) in [5.41, 5.74) is 0.363. The fourth-order valence-electron chi connectivity index (χ4n) is 8.68. The molecule has 0 radical (unpaired) electrons. The zero-order valence-electron chi connectivity index (χ0n) is 17.9. The van der Waals surface area contributed by atoms with Crippen molar-refractivity contribution in [2.75, 3.05) is 0 Å². The van der Waals surface area contributed by atoms with Gasteiger partial charge in [-0.25, -0.2) is 4.39 Å². The number of aliphatic hydroxyl groups excluding tert-OH is 1. The van der Waals surface area contributed by atoms with Crippen LogP contribution in [-0.4, -0.2) is 28.5 Å². The number of carbonyl (C=O) groups is 1. The summed E-state index contributed by atoms with van der Waals surface area (Å²) in [6, 6.07) is 0. The highest BCUT2D eigenvalue weighted by Gasteiger charge is 2.63. The Balaban J connectivity index is 1.55. The first-order valence-corrected chi connectivity index (χ1v) is 11.7. The SMILES string of the molecule is C[C@H](CCC(=O)O)C1CC[C@H]2[C@@H]3C(F)C[C@@H]4C[C@H](O)CC[C@]4(C)[C@H]3CC[C@]12C. The van der Waals surface area contributed by atoms with Crippen molar-refractivity contribution in [2.45, 2.75) is 97.3 Å². The first-order valence-electron chi connectivity index (χ1n) is 11.7. The highest BCUT2D eigenvalue weighted by molar-refractivity contribution is 5.66. The average Bonchev–Trinajstić information content (AvgIpc) is 2.98. The summed E-state index contributed by atoms with van der Waals surface area (Å²) < 4.78 is 15.6. The molecule has 4 aliphatic carbocycles. The molecule has 4 fully saturated rings. The lowest BCUT2D eigenvalue weighted by Gasteiger charge is -2.62. The van der Waals surface area contributed by atoms with Gasteiger partial charge >= 0.3 is 5.97 Å². The normalized spacial score (nSPS) is 51.7. The van der Waals surface area contributed by atoms with Gasteiger partial charge in [-0.3, -0.25) is 4.79 Å². The standard InChI is InChI=1S/C24H39FO3/c1-14(4-7-21(27)28)17-5-6-18-22-19(9-11-24(17,18)3)23(2)10-8-16(26)12-15(23)13-20(22)25/h14-20,22,26H,4-13H2,1-3H3,(H,27,28)/t14-,15+,16-,17?,18+,19+,20?,22+,23+,24-/m1/s1. The third-order valence-corrected chi connectivity index (χ3v) is 10.2. The van der Waals surface area contributed by atoms with Crippen LogP contribution in [-0.2, 0) is 4.79 Å². The summed E-state index contributed by atoms with van der Waals surface area (Å²) in [5.74, 6) is 1.64. The molecular weight excluding hydrogens is 355 g/mol. The molecule has 4 heteroatoms. The number of hydrogen-bond acceptors (Lipinski definition) is 2. The number of hydrogen-bond donors (Lipinski definition) is 2. The highest BCUT2D eigenvalue weighted by atomic mass is 19.1. The summed E-state index contributed by atoms with van der Waals surface area (Å²) in [5, 5.41) is 19.2. The largest absolute Gasteiger partial charge is 0.481 e. The zero-order chi connectivity index (χ0) is 20.3. The number of rotatable bonds is 4. The quantitative estimate of drug-likeness (QED) is 0.666. The smallest absolute Gasteiger partial charge is 0.303 e. The number of carboxylic acid groups (broad SMARTS) is 1. The third-order valence-electron chi connectivity index (χ3n) is 10.2. The van der Waals surface area contributed by atoms with Crippen LogP contribution in [0.1, 0.15) is 85.0 Å². The van der Waals surface area contributed by atoms with Gasteiger partial charge in [0.1, 0.15) is 6.17 Å². The first kappa shape index (κ1) is 20.6. The van der Waals surface area contributed by atoms with Gasteiger partial charge in [-0.15, -0.1) is 0 Å². The van der Waals surface area contributed by atoms with Crippen LogP contribution in [0.25, 0.3) is 0 Å². The lowest BCUT2D eigenvalue weighted by molar-refractivity contribution is -0.157. The van der Waals surface area contributed by atoms with Crippen molar-refractivity contribution in [3.63, 3.8) is 0 Å². The topological polar surface area (TPSA) is 57.5 Å². The van der Waals surface area contributed by atoms with E-state index in [1.165, 1.54) is 6.42 Å². The van der Waals surface area contributed by atoms with Crippen LogP contribution < -0.4 is 0 Å². The van der Waals surface area contributed by atoms with Gasteiger partial charge < -0.3 is 10.2 Å². The maximum atomic E-state index is 15.6. The van der Waals surface area contributed by atoms with E-state index in [9.17, 15) is 9.90 Å². The molecule has 4 aliphatic rings. The maximum absolute atomic E-state index is 15.6. The molecule has 10 atom stereocenters. The van der Waals surface area contributed by atoms with Gasteiger partial charge in [-0.2, -0.15) is 0 Å². The molecule has 2 unspecified atom stereocenters. The Hall–Kier alpha value is -0.640. The Morgan fingerprint density at radius 2 is 1.75 bits per heavy atom. The summed E-state index contributed by atoms with van der Waals surface area (Å²) in [6.45, 7) is 7.02. The van der Waals surface area contributed by atoms with Crippen molar-refractivity contribution < 1.29 is 19.4 Å². The molecular formula is C24H39FO3. The van der Waals surface area contributed by atoms with Gasteiger partial charge in [-0.05, 0) is 104 Å². The minimum atomic E-state index is -0.730. The number of fused-ring (bicyclic) bond motifs is 5. The van der Waals surface area contributed by atoms with Gasteiger partial charge in [0.05, 0.1) is 6.10 Å². The van der Waals surface area contributed by atoms with Crippen LogP contribution in [0.3, 0.4) is 0 Å². The van der Waals surface area contributed by atoms with E-state index in [1.54, 1.807) is 0 Å². The Bertz CT molecular complexity index is 609. The maximum Gasteiger partial charge on any atom is 0.303 e. The van der Waals surface area contributed by atoms with E-state index in [2.05, 4.69) is 20.8 Å². The molecule has 4 saturated carbocycles. The molecule has 4 rings (SSSR count). The molecule has 28 heavy (non-hydrogen) atoms. The molecule has 0 spiro atoms. The number of aliphatic carboxylic acids is 1. The molecule has 0 aromatic rings. The Labute approximate surface area is 169 Å². The highest BCUT2D eigenvalue weighted by Crippen LogP contribution is 2.68. The molecule has 3 nitrogen and oxygen atoms in total. The van der Waals surface area contributed by atoms with Crippen molar-refractivity contribution in [3.8, 4) is 0 Å². The summed E-state index contributed by atoms with van der Waals surface area (Å²) >= 11 is 0. The molecule has 0 heterocycles. The summed E-state index contributed by atoms with van der Waals surface area (Å²) in [4.78, 5) is 11.0. The fourth-order valence-corrected chi connectivity index (χ4v) is 8.68. The summed E-state index contributed by atoms with van der Waals surface area (Å²) in [6.07, 6.45) is 7.91. The minimum Gasteiger partial charge on any atom is -0.481 e. The van der Waals surface area contributed by atoms with Crippen molar-refractivity contribution in [1.82, 2.24) is 0 Å².